The maximum absolute atomic E-state index is 10.7. The first-order chi connectivity index (χ1) is 4.81. The van der Waals surface area contributed by atoms with E-state index in [1.54, 1.807) is 0 Å². The molecule has 7 heteroatoms. The summed E-state index contributed by atoms with van der Waals surface area (Å²) < 4.78 is 42.5. The molecule has 0 aliphatic carbocycles. The van der Waals surface area contributed by atoms with Crippen LogP contribution in [0.15, 0.2) is 0 Å². The van der Waals surface area contributed by atoms with E-state index >= 15 is 0 Å². The highest BCUT2D eigenvalue weighted by Crippen LogP contribution is 2.19. The van der Waals surface area contributed by atoms with Gasteiger partial charge in [-0.3, -0.25) is 0 Å². The number of rotatable bonds is 1. The van der Waals surface area contributed by atoms with Crippen molar-refractivity contribution in [2.24, 2.45) is 0 Å². The molecule has 0 radical (unpaired) electrons. The summed E-state index contributed by atoms with van der Waals surface area (Å²) in [7, 11) is -7.08. The second kappa shape index (κ2) is 2.43. The molecule has 0 aromatic heterocycles. The zero-order valence-electron chi connectivity index (χ0n) is 5.65. The number of sulfonamides is 1. The first-order valence-corrected chi connectivity index (χ1v) is 6.37. The van der Waals surface area contributed by atoms with Crippen LogP contribution in [0.2, 0.25) is 0 Å². The van der Waals surface area contributed by atoms with E-state index in [1.165, 1.54) is 0 Å². The van der Waals surface area contributed by atoms with Gasteiger partial charge in [-0.05, 0) is 6.42 Å². The van der Waals surface area contributed by atoms with Crippen LogP contribution >= 0.6 is 0 Å². The molecule has 0 bridgehead atoms. The van der Waals surface area contributed by atoms with Crippen molar-refractivity contribution < 1.29 is 16.8 Å². The molecule has 1 unspecified atom stereocenters. The van der Waals surface area contributed by atoms with E-state index < -0.39 is 25.1 Å². The van der Waals surface area contributed by atoms with Crippen molar-refractivity contribution in [3.63, 3.8) is 0 Å². The van der Waals surface area contributed by atoms with Gasteiger partial charge in [-0.15, -0.1) is 0 Å². The fourth-order valence-electron chi connectivity index (χ4n) is 1.01. The summed E-state index contributed by atoms with van der Waals surface area (Å²) in [6, 6.07) is 0. The number of hydrogen-bond acceptors (Lipinski definition) is 4. The smallest absolute Gasteiger partial charge is 0.151 e. The highest BCUT2D eigenvalue weighted by Gasteiger charge is 2.31. The van der Waals surface area contributed by atoms with Crippen molar-refractivity contribution in [1.82, 2.24) is 0 Å². The molecule has 11 heavy (non-hydrogen) atoms. The molecule has 1 atom stereocenters. The molecular weight excluding hydrogens is 190 g/mol. The molecule has 0 aromatic rings. The van der Waals surface area contributed by atoms with E-state index in [4.69, 9.17) is 5.14 Å². The Morgan fingerprint density at radius 3 is 2.09 bits per heavy atom. The quantitative estimate of drug-likeness (QED) is 0.570. The van der Waals surface area contributed by atoms with Gasteiger partial charge < -0.3 is 5.14 Å². The van der Waals surface area contributed by atoms with Crippen molar-refractivity contribution in [1.29, 1.82) is 0 Å². The summed E-state index contributed by atoms with van der Waals surface area (Å²) in [5.41, 5.74) is 0. The Morgan fingerprint density at radius 1 is 1.36 bits per heavy atom. The summed E-state index contributed by atoms with van der Waals surface area (Å²) >= 11 is 0. The van der Waals surface area contributed by atoms with E-state index in [-0.39, 0.29) is 17.9 Å². The second-order valence-electron chi connectivity index (χ2n) is 2.57. The Hall–Kier alpha value is -0.140. The molecule has 1 saturated heterocycles. The van der Waals surface area contributed by atoms with Gasteiger partial charge in [0.05, 0.1) is 26.8 Å². The van der Waals surface area contributed by atoms with Crippen LogP contribution in [0.3, 0.4) is 0 Å². The number of sulfone groups is 1. The fourth-order valence-corrected chi connectivity index (χ4v) is 4.47. The van der Waals surface area contributed by atoms with Gasteiger partial charge in [-0.25, -0.2) is 16.8 Å². The molecule has 0 saturated carbocycles. The molecule has 1 N–H and O–H groups in total. The van der Waals surface area contributed by atoms with Gasteiger partial charge in [0, 0.05) is 0 Å². The topological polar surface area (TPSA) is 92.1 Å². The van der Waals surface area contributed by atoms with Crippen molar-refractivity contribution in [2.45, 2.75) is 11.7 Å². The van der Waals surface area contributed by atoms with Crippen LogP contribution in [0.5, 0.6) is 0 Å². The predicted molar refractivity (Wildman–Crippen MR) is 40.3 cm³/mol. The Kier molecular flexibility index (Phi) is 1.97. The lowest BCUT2D eigenvalue weighted by Gasteiger charge is -2.10. The largest absolute Gasteiger partial charge is 0.564 e. The number of hydrogen-bond donors (Lipinski definition) is 0. The zero-order valence-corrected chi connectivity index (χ0v) is 7.28. The third-order valence-electron chi connectivity index (χ3n) is 1.63. The van der Waals surface area contributed by atoms with Crippen LogP contribution in [0, 0.1) is 0 Å². The van der Waals surface area contributed by atoms with Crippen molar-refractivity contribution in [2.75, 3.05) is 11.5 Å². The highest BCUT2D eigenvalue weighted by molar-refractivity contribution is 7.97. The Balaban J connectivity index is 2.87. The molecule has 0 spiro atoms. The lowest BCUT2D eigenvalue weighted by atomic mass is 10.4. The van der Waals surface area contributed by atoms with Gasteiger partial charge in [0.15, 0.2) is 9.84 Å². The molecule has 5 nitrogen and oxygen atoms in total. The fraction of sp³-hybridized carbons (Fsp3) is 1.00. The highest BCUT2D eigenvalue weighted by atomic mass is 32.2. The minimum absolute atomic E-state index is 0.0775. The predicted octanol–water partition coefficient (Wildman–Crippen LogP) is -0.444. The average Bonchev–Trinajstić information content (AvgIpc) is 2.07. The summed E-state index contributed by atoms with van der Waals surface area (Å²) in [5.74, 6) is -0.478. The second-order valence-corrected chi connectivity index (χ2v) is 6.56. The normalized spacial score (nSPS) is 30.5. The Bertz CT molecular complexity index is 340. The minimum atomic E-state index is -3.90. The lowest BCUT2D eigenvalue weighted by Crippen LogP contribution is -2.18. The monoisotopic (exact) mass is 198 g/mol. The van der Waals surface area contributed by atoms with E-state index in [9.17, 15) is 16.8 Å². The average molecular weight is 198 g/mol. The van der Waals surface area contributed by atoms with E-state index in [0.29, 0.717) is 0 Å². The molecule has 1 fully saturated rings. The lowest BCUT2D eigenvalue weighted by molar-refractivity contribution is 0.590. The van der Waals surface area contributed by atoms with Crippen LogP contribution < -0.4 is 0 Å². The van der Waals surface area contributed by atoms with E-state index in [1.807, 2.05) is 0 Å². The van der Waals surface area contributed by atoms with Gasteiger partial charge >= 0.3 is 0 Å². The third kappa shape index (κ3) is 2.14. The van der Waals surface area contributed by atoms with Crippen molar-refractivity contribution in [3.8, 4) is 0 Å². The van der Waals surface area contributed by atoms with Crippen LogP contribution in [0.25, 0.3) is 5.14 Å². The van der Waals surface area contributed by atoms with Gasteiger partial charge in [0.2, 0.25) is 0 Å². The Labute approximate surface area is 65.6 Å². The molecular formula is C4H8NO4S2-. The van der Waals surface area contributed by atoms with Crippen LogP contribution in [-0.4, -0.2) is 33.6 Å². The SMILES string of the molecule is [NH-]S(=O)(=O)C1CCS(=O)(=O)C1. The molecule has 0 amide bonds. The zero-order chi connectivity index (χ0) is 8.70. The molecule has 1 heterocycles. The van der Waals surface area contributed by atoms with Gasteiger partial charge in [-0.2, -0.15) is 0 Å². The summed E-state index contributed by atoms with van der Waals surface area (Å²) in [5, 5.41) is 5.62. The first kappa shape index (κ1) is 8.95. The summed E-state index contributed by atoms with van der Waals surface area (Å²) in [4.78, 5) is 0. The molecule has 0 aromatic carbocycles. The summed E-state index contributed by atoms with van der Waals surface area (Å²) in [6.45, 7) is 0. The molecule has 1 rings (SSSR count). The van der Waals surface area contributed by atoms with Crippen LogP contribution in [-0.2, 0) is 19.9 Å². The number of nitrogens with one attached hydrogen (secondary N) is 1. The Morgan fingerprint density at radius 2 is 1.91 bits per heavy atom. The molecule has 1 aliphatic heterocycles. The van der Waals surface area contributed by atoms with Gasteiger partial charge in [-0.1, -0.05) is 0 Å². The van der Waals surface area contributed by atoms with E-state index in [0.717, 1.165) is 0 Å². The standard InChI is InChI=1S/C4H8NO4S2/c5-11(8,9)4-1-2-10(6,7)3-4/h4H,1-3H2,(H-,5,8,9)/q-1. The maximum Gasteiger partial charge on any atom is 0.151 e. The first-order valence-electron chi connectivity index (χ1n) is 3.00. The maximum atomic E-state index is 10.7. The van der Waals surface area contributed by atoms with Gasteiger partial charge in [0.1, 0.15) is 0 Å². The van der Waals surface area contributed by atoms with Crippen molar-refractivity contribution >= 4 is 19.9 Å². The summed E-state index contributed by atoms with van der Waals surface area (Å²) in [6.07, 6.45) is 0.0775. The van der Waals surface area contributed by atoms with Crippen LogP contribution in [0.1, 0.15) is 6.42 Å². The van der Waals surface area contributed by atoms with Crippen molar-refractivity contribution in [3.05, 3.63) is 5.14 Å². The van der Waals surface area contributed by atoms with E-state index in [2.05, 4.69) is 0 Å². The van der Waals surface area contributed by atoms with Gasteiger partial charge in [0.25, 0.3) is 0 Å². The third-order valence-corrected chi connectivity index (χ3v) is 4.89. The molecule has 66 valence electrons. The minimum Gasteiger partial charge on any atom is -0.564 e. The van der Waals surface area contributed by atoms with Crippen LogP contribution in [0.4, 0.5) is 0 Å². The molecule has 1 aliphatic rings.